The first-order chi connectivity index (χ1) is 8.22. The van der Waals surface area contributed by atoms with Crippen LogP contribution in [0.1, 0.15) is 17.9 Å². The highest BCUT2D eigenvalue weighted by Gasteiger charge is 2.30. The molecule has 1 heterocycles. The molecule has 0 aliphatic carbocycles. The highest BCUT2D eigenvalue weighted by molar-refractivity contribution is 7.99. The van der Waals surface area contributed by atoms with Crippen molar-refractivity contribution in [2.45, 2.75) is 12.3 Å². The molecule has 1 aliphatic heterocycles. The smallest absolute Gasteiger partial charge is 0.318 e. The molecule has 1 aliphatic rings. The first-order valence-electron chi connectivity index (χ1n) is 5.64. The number of rotatable bonds is 2. The number of benzene rings is 1. The maximum atomic E-state index is 13.2. The Hall–Kier alpha value is -1.23. The zero-order valence-corrected chi connectivity index (χ0v) is 10.5. The molecule has 0 spiro atoms. The van der Waals surface area contributed by atoms with E-state index < -0.39 is 0 Å². The Bertz CT molecular complexity index is 413. The summed E-state index contributed by atoms with van der Waals surface area (Å²) >= 11 is 1.66. The quantitative estimate of drug-likeness (QED) is 0.880. The second-order valence-electron chi connectivity index (χ2n) is 3.81. The summed E-state index contributed by atoms with van der Waals surface area (Å²) in [7, 11) is 0. The fraction of sp³-hybridized carbons (Fsp3) is 0.417. The standard InChI is InChI=1S/C12H15FN2OS/c1-2-14-12(16)15-6-7-17-11(15)9-4-3-5-10(13)8-9/h3-5,8,11H,2,6-7H2,1H3,(H,14,16). The van der Waals surface area contributed by atoms with Crippen molar-refractivity contribution in [3.05, 3.63) is 35.6 Å². The van der Waals surface area contributed by atoms with Crippen molar-refractivity contribution in [3.8, 4) is 0 Å². The Morgan fingerprint density at radius 2 is 2.47 bits per heavy atom. The molecule has 0 saturated carbocycles. The molecule has 0 bridgehead atoms. The lowest BCUT2D eigenvalue weighted by atomic mass is 10.2. The number of nitrogens with one attached hydrogen (secondary N) is 1. The lowest BCUT2D eigenvalue weighted by Crippen LogP contribution is -2.39. The van der Waals surface area contributed by atoms with E-state index in [4.69, 9.17) is 0 Å². The Kier molecular flexibility index (Phi) is 3.89. The molecule has 1 saturated heterocycles. The van der Waals surface area contributed by atoms with E-state index >= 15 is 0 Å². The highest BCUT2D eigenvalue weighted by Crippen LogP contribution is 2.37. The molecule has 17 heavy (non-hydrogen) atoms. The average molecular weight is 254 g/mol. The second kappa shape index (κ2) is 5.40. The minimum absolute atomic E-state index is 0.0720. The topological polar surface area (TPSA) is 32.3 Å². The zero-order chi connectivity index (χ0) is 12.3. The third-order valence-corrected chi connectivity index (χ3v) is 3.87. The molecule has 0 radical (unpaired) electrons. The van der Waals surface area contributed by atoms with Crippen molar-refractivity contribution in [3.63, 3.8) is 0 Å². The van der Waals surface area contributed by atoms with E-state index in [9.17, 15) is 9.18 Å². The largest absolute Gasteiger partial charge is 0.338 e. The predicted molar refractivity (Wildman–Crippen MR) is 67.4 cm³/mol. The minimum Gasteiger partial charge on any atom is -0.338 e. The number of hydrogen-bond acceptors (Lipinski definition) is 2. The summed E-state index contributed by atoms with van der Waals surface area (Å²) in [5.41, 5.74) is 0.846. The summed E-state index contributed by atoms with van der Waals surface area (Å²) in [5, 5.41) is 2.71. The van der Waals surface area contributed by atoms with E-state index in [-0.39, 0.29) is 17.2 Å². The molecule has 1 atom stereocenters. The third kappa shape index (κ3) is 2.72. The molecule has 1 unspecified atom stereocenters. The summed E-state index contributed by atoms with van der Waals surface area (Å²) in [6, 6.07) is 6.37. The van der Waals surface area contributed by atoms with Crippen LogP contribution < -0.4 is 5.32 Å². The molecule has 2 amide bonds. The van der Waals surface area contributed by atoms with E-state index in [1.165, 1.54) is 12.1 Å². The fourth-order valence-electron chi connectivity index (χ4n) is 1.87. The molecule has 92 valence electrons. The van der Waals surface area contributed by atoms with Gasteiger partial charge < -0.3 is 10.2 Å². The minimum atomic E-state index is -0.258. The Labute approximate surface area is 104 Å². The zero-order valence-electron chi connectivity index (χ0n) is 9.65. The monoisotopic (exact) mass is 254 g/mol. The maximum Gasteiger partial charge on any atom is 0.318 e. The molecule has 1 N–H and O–H groups in total. The maximum absolute atomic E-state index is 13.2. The van der Waals surface area contributed by atoms with E-state index in [1.54, 1.807) is 22.7 Å². The number of amides is 2. The van der Waals surface area contributed by atoms with Crippen molar-refractivity contribution in [2.24, 2.45) is 0 Å². The van der Waals surface area contributed by atoms with Gasteiger partial charge in [-0.25, -0.2) is 9.18 Å². The Morgan fingerprint density at radius 3 is 3.18 bits per heavy atom. The van der Waals surface area contributed by atoms with Gasteiger partial charge in [-0.2, -0.15) is 0 Å². The average Bonchev–Trinajstić information content (AvgIpc) is 2.78. The van der Waals surface area contributed by atoms with Crippen LogP contribution in [0, 0.1) is 5.82 Å². The normalized spacial score (nSPS) is 19.4. The van der Waals surface area contributed by atoms with Crippen molar-refractivity contribution in [2.75, 3.05) is 18.8 Å². The van der Waals surface area contributed by atoms with Crippen LogP contribution in [0.4, 0.5) is 9.18 Å². The van der Waals surface area contributed by atoms with Gasteiger partial charge in [0.25, 0.3) is 0 Å². The molecular formula is C12H15FN2OS. The number of hydrogen-bond donors (Lipinski definition) is 1. The summed E-state index contributed by atoms with van der Waals surface area (Å²) in [6.07, 6.45) is 0. The molecule has 1 aromatic carbocycles. The van der Waals surface area contributed by atoms with Crippen LogP contribution in [0.5, 0.6) is 0 Å². The van der Waals surface area contributed by atoms with Crippen molar-refractivity contribution >= 4 is 17.8 Å². The van der Waals surface area contributed by atoms with E-state index in [2.05, 4.69) is 5.32 Å². The Morgan fingerprint density at radius 1 is 1.65 bits per heavy atom. The number of carbonyl (C=O) groups excluding carboxylic acids is 1. The fourth-order valence-corrected chi connectivity index (χ4v) is 3.11. The van der Waals surface area contributed by atoms with Crippen LogP contribution in [0.25, 0.3) is 0 Å². The van der Waals surface area contributed by atoms with Crippen LogP contribution in [0.3, 0.4) is 0 Å². The number of thioether (sulfide) groups is 1. The van der Waals surface area contributed by atoms with Crippen LogP contribution in [0.2, 0.25) is 0 Å². The molecular weight excluding hydrogens is 239 g/mol. The van der Waals surface area contributed by atoms with Crippen molar-refractivity contribution < 1.29 is 9.18 Å². The molecule has 3 nitrogen and oxygen atoms in total. The second-order valence-corrected chi connectivity index (χ2v) is 5.00. The lowest BCUT2D eigenvalue weighted by Gasteiger charge is -2.24. The number of carbonyl (C=O) groups is 1. The highest BCUT2D eigenvalue weighted by atomic mass is 32.2. The number of nitrogens with zero attached hydrogens (tertiary/aromatic N) is 1. The SMILES string of the molecule is CCNC(=O)N1CCSC1c1cccc(F)c1. The van der Waals surface area contributed by atoms with E-state index in [0.29, 0.717) is 13.1 Å². The van der Waals surface area contributed by atoms with E-state index in [0.717, 1.165) is 11.3 Å². The summed E-state index contributed by atoms with van der Waals surface area (Å²) in [5.74, 6) is 0.629. The van der Waals surface area contributed by atoms with Gasteiger partial charge in [-0.15, -0.1) is 11.8 Å². The molecule has 0 aromatic heterocycles. The van der Waals surface area contributed by atoms with Gasteiger partial charge in [0, 0.05) is 18.8 Å². The van der Waals surface area contributed by atoms with Gasteiger partial charge >= 0.3 is 6.03 Å². The van der Waals surface area contributed by atoms with Crippen LogP contribution in [-0.2, 0) is 0 Å². The molecule has 2 rings (SSSR count). The van der Waals surface area contributed by atoms with Gasteiger partial charge in [0.15, 0.2) is 0 Å². The lowest BCUT2D eigenvalue weighted by molar-refractivity contribution is 0.201. The van der Waals surface area contributed by atoms with Crippen molar-refractivity contribution in [1.82, 2.24) is 10.2 Å². The third-order valence-electron chi connectivity index (χ3n) is 2.61. The van der Waals surface area contributed by atoms with Gasteiger partial charge in [0.1, 0.15) is 11.2 Å². The number of urea groups is 1. The number of halogens is 1. The van der Waals surface area contributed by atoms with E-state index in [1.807, 2.05) is 13.0 Å². The predicted octanol–water partition coefficient (Wildman–Crippen LogP) is 2.60. The van der Waals surface area contributed by atoms with Gasteiger partial charge in [0.05, 0.1) is 0 Å². The molecule has 5 heteroatoms. The van der Waals surface area contributed by atoms with Crippen molar-refractivity contribution in [1.29, 1.82) is 0 Å². The van der Waals surface area contributed by atoms with Gasteiger partial charge in [-0.05, 0) is 24.6 Å². The van der Waals surface area contributed by atoms with Gasteiger partial charge in [-0.1, -0.05) is 12.1 Å². The summed E-state index contributed by atoms with van der Waals surface area (Å²) in [6.45, 7) is 3.20. The Balaban J connectivity index is 2.17. The molecule has 1 aromatic rings. The summed E-state index contributed by atoms with van der Waals surface area (Å²) in [4.78, 5) is 13.6. The van der Waals surface area contributed by atoms with Gasteiger partial charge in [0.2, 0.25) is 0 Å². The van der Waals surface area contributed by atoms with Crippen LogP contribution >= 0.6 is 11.8 Å². The molecule has 1 fully saturated rings. The first kappa shape index (κ1) is 12.2. The summed E-state index contributed by atoms with van der Waals surface area (Å²) < 4.78 is 13.2. The van der Waals surface area contributed by atoms with Gasteiger partial charge in [-0.3, -0.25) is 0 Å². The first-order valence-corrected chi connectivity index (χ1v) is 6.68. The van der Waals surface area contributed by atoms with Crippen LogP contribution in [0.15, 0.2) is 24.3 Å². The van der Waals surface area contributed by atoms with Crippen LogP contribution in [-0.4, -0.2) is 29.8 Å².